The van der Waals surface area contributed by atoms with Gasteiger partial charge in [-0.3, -0.25) is 14.2 Å². The zero-order valence-corrected chi connectivity index (χ0v) is 16.7. The lowest BCUT2D eigenvalue weighted by Gasteiger charge is -2.14. The zero-order chi connectivity index (χ0) is 18.7. The normalized spacial score (nSPS) is 11.0. The van der Waals surface area contributed by atoms with E-state index in [0.29, 0.717) is 15.4 Å². The van der Waals surface area contributed by atoms with Crippen LogP contribution in [0.25, 0.3) is 10.2 Å². The van der Waals surface area contributed by atoms with Gasteiger partial charge in [0, 0.05) is 12.7 Å². The Morgan fingerprint density at radius 2 is 1.92 bits per heavy atom. The molecule has 0 aliphatic heterocycles. The van der Waals surface area contributed by atoms with Gasteiger partial charge in [0.15, 0.2) is 5.16 Å². The molecule has 3 rings (SSSR count). The molecule has 26 heavy (non-hydrogen) atoms. The smallest absolute Gasteiger partial charge is 0.262 e. The highest BCUT2D eigenvalue weighted by molar-refractivity contribution is 7.99. The van der Waals surface area contributed by atoms with Crippen molar-refractivity contribution in [3.05, 3.63) is 51.1 Å². The second-order valence-electron chi connectivity index (χ2n) is 5.89. The number of amides is 1. The SMILES string of the molecule is CCc1cccc(CC)c1NC(=O)CSc1nc2sccc2c(=O)n1C. The first-order valence-electron chi connectivity index (χ1n) is 8.52. The number of hydrogen-bond acceptors (Lipinski definition) is 5. The van der Waals surface area contributed by atoms with E-state index in [0.717, 1.165) is 29.7 Å². The Labute approximate surface area is 160 Å². The zero-order valence-electron chi connectivity index (χ0n) is 15.0. The van der Waals surface area contributed by atoms with Gasteiger partial charge in [-0.15, -0.1) is 11.3 Å². The van der Waals surface area contributed by atoms with E-state index in [-0.39, 0.29) is 17.2 Å². The van der Waals surface area contributed by atoms with Crippen LogP contribution in [0.15, 0.2) is 39.6 Å². The Kier molecular flexibility index (Phi) is 5.78. The molecule has 0 fully saturated rings. The Morgan fingerprint density at radius 3 is 2.58 bits per heavy atom. The van der Waals surface area contributed by atoms with Crippen LogP contribution in [0, 0.1) is 0 Å². The summed E-state index contributed by atoms with van der Waals surface area (Å²) in [7, 11) is 1.69. The number of aromatic nitrogens is 2. The second kappa shape index (κ2) is 8.05. The van der Waals surface area contributed by atoms with Crippen LogP contribution in [-0.2, 0) is 24.7 Å². The molecule has 1 aromatic carbocycles. The fraction of sp³-hybridized carbons (Fsp3) is 0.316. The Hall–Kier alpha value is -2.12. The summed E-state index contributed by atoms with van der Waals surface area (Å²) in [5.41, 5.74) is 3.10. The van der Waals surface area contributed by atoms with Gasteiger partial charge < -0.3 is 5.32 Å². The second-order valence-corrected chi connectivity index (χ2v) is 7.73. The molecule has 7 heteroatoms. The lowest BCUT2D eigenvalue weighted by atomic mass is 10.0. The van der Waals surface area contributed by atoms with Crippen molar-refractivity contribution in [2.24, 2.45) is 7.05 Å². The molecule has 0 radical (unpaired) electrons. The average molecular weight is 388 g/mol. The maximum atomic E-state index is 12.5. The van der Waals surface area contributed by atoms with Gasteiger partial charge in [-0.25, -0.2) is 4.98 Å². The quantitative estimate of drug-likeness (QED) is 0.515. The number of fused-ring (bicyclic) bond motifs is 1. The number of carbonyl (C=O) groups is 1. The number of rotatable bonds is 6. The minimum absolute atomic E-state index is 0.0799. The molecule has 1 amide bonds. The summed E-state index contributed by atoms with van der Waals surface area (Å²) in [5.74, 6) is 0.115. The highest BCUT2D eigenvalue weighted by Gasteiger charge is 2.14. The minimum Gasteiger partial charge on any atom is -0.325 e. The molecule has 0 spiro atoms. The Morgan fingerprint density at radius 1 is 1.23 bits per heavy atom. The molecule has 5 nitrogen and oxygen atoms in total. The van der Waals surface area contributed by atoms with Crippen molar-refractivity contribution >= 4 is 44.9 Å². The first-order chi connectivity index (χ1) is 12.5. The van der Waals surface area contributed by atoms with E-state index >= 15 is 0 Å². The van der Waals surface area contributed by atoms with Crippen LogP contribution in [0.2, 0.25) is 0 Å². The van der Waals surface area contributed by atoms with Crippen LogP contribution in [-0.4, -0.2) is 21.2 Å². The summed E-state index contributed by atoms with van der Waals surface area (Å²) in [6.07, 6.45) is 1.73. The van der Waals surface area contributed by atoms with E-state index in [1.54, 1.807) is 13.1 Å². The van der Waals surface area contributed by atoms with Crippen LogP contribution >= 0.6 is 23.1 Å². The number of thioether (sulfide) groups is 1. The van der Waals surface area contributed by atoms with Crippen LogP contribution < -0.4 is 10.9 Å². The maximum absolute atomic E-state index is 12.5. The van der Waals surface area contributed by atoms with Gasteiger partial charge in [-0.1, -0.05) is 43.8 Å². The molecule has 0 aliphatic rings. The number of carbonyl (C=O) groups excluding carboxylic acids is 1. The molecule has 136 valence electrons. The number of thiophene rings is 1. The summed E-state index contributed by atoms with van der Waals surface area (Å²) in [5, 5.41) is 6.08. The third-order valence-electron chi connectivity index (χ3n) is 4.26. The molecule has 0 bridgehead atoms. The summed E-state index contributed by atoms with van der Waals surface area (Å²) < 4.78 is 1.50. The number of nitrogens with zero attached hydrogens (tertiary/aromatic N) is 2. The Balaban J connectivity index is 1.76. The lowest BCUT2D eigenvalue weighted by molar-refractivity contribution is -0.113. The molecule has 0 saturated heterocycles. The molecular weight excluding hydrogens is 366 g/mol. The largest absolute Gasteiger partial charge is 0.325 e. The summed E-state index contributed by atoms with van der Waals surface area (Å²) in [6, 6.07) is 7.89. The van der Waals surface area contributed by atoms with Crippen molar-refractivity contribution in [2.75, 3.05) is 11.1 Å². The van der Waals surface area contributed by atoms with E-state index in [1.165, 1.54) is 27.7 Å². The molecule has 1 N–H and O–H groups in total. The highest BCUT2D eigenvalue weighted by Crippen LogP contribution is 2.24. The van der Waals surface area contributed by atoms with E-state index in [9.17, 15) is 9.59 Å². The predicted octanol–water partition coefficient (Wildman–Crippen LogP) is 3.85. The first-order valence-corrected chi connectivity index (χ1v) is 10.4. The van der Waals surface area contributed by atoms with E-state index in [1.807, 2.05) is 23.6 Å². The van der Waals surface area contributed by atoms with E-state index < -0.39 is 0 Å². The number of nitrogens with one attached hydrogen (secondary N) is 1. The fourth-order valence-electron chi connectivity index (χ4n) is 2.82. The highest BCUT2D eigenvalue weighted by atomic mass is 32.2. The third kappa shape index (κ3) is 3.68. The number of para-hydroxylation sites is 1. The number of hydrogen-bond donors (Lipinski definition) is 1. The third-order valence-corrected chi connectivity index (χ3v) is 6.10. The van der Waals surface area contributed by atoms with Crippen molar-refractivity contribution < 1.29 is 4.79 Å². The molecule has 2 aromatic heterocycles. The standard InChI is InChI=1S/C19H21N3O2S2/c1-4-12-7-6-8-13(5-2)16(12)20-15(23)11-26-19-21-17-14(9-10-25-17)18(24)22(19)3/h6-10H,4-5,11H2,1-3H3,(H,20,23). The van der Waals surface area contributed by atoms with Crippen LogP contribution in [0.3, 0.4) is 0 Å². The van der Waals surface area contributed by atoms with Gasteiger partial charge in [0.25, 0.3) is 5.56 Å². The van der Waals surface area contributed by atoms with Crippen molar-refractivity contribution in [1.29, 1.82) is 0 Å². The van der Waals surface area contributed by atoms with Crippen molar-refractivity contribution in [2.45, 2.75) is 31.8 Å². The molecule has 0 aliphatic carbocycles. The maximum Gasteiger partial charge on any atom is 0.262 e. The summed E-state index contributed by atoms with van der Waals surface area (Å²) in [6.45, 7) is 4.16. The van der Waals surface area contributed by atoms with Crippen molar-refractivity contribution in [3.63, 3.8) is 0 Å². The van der Waals surface area contributed by atoms with Gasteiger partial charge in [-0.2, -0.15) is 0 Å². The monoisotopic (exact) mass is 387 g/mol. The van der Waals surface area contributed by atoms with Crippen LogP contribution in [0.5, 0.6) is 0 Å². The fourth-order valence-corrected chi connectivity index (χ4v) is 4.39. The van der Waals surface area contributed by atoms with Gasteiger partial charge in [0.2, 0.25) is 5.91 Å². The molecule has 0 saturated carbocycles. The summed E-state index contributed by atoms with van der Waals surface area (Å²) in [4.78, 5) is 30.0. The molecule has 0 unspecified atom stereocenters. The molecule has 3 aromatic rings. The van der Waals surface area contributed by atoms with Gasteiger partial charge in [0.05, 0.1) is 11.1 Å². The van der Waals surface area contributed by atoms with Gasteiger partial charge >= 0.3 is 0 Å². The first kappa shape index (κ1) is 18.7. The molecule has 2 heterocycles. The minimum atomic E-state index is -0.0916. The molecule has 0 atom stereocenters. The summed E-state index contributed by atoms with van der Waals surface area (Å²) >= 11 is 2.71. The van der Waals surface area contributed by atoms with Crippen LogP contribution in [0.1, 0.15) is 25.0 Å². The average Bonchev–Trinajstić information content (AvgIpc) is 3.12. The van der Waals surface area contributed by atoms with Crippen LogP contribution in [0.4, 0.5) is 5.69 Å². The number of aryl methyl sites for hydroxylation is 2. The Bertz CT molecular complexity index is 985. The number of benzene rings is 1. The van der Waals surface area contributed by atoms with Crippen molar-refractivity contribution in [3.8, 4) is 0 Å². The van der Waals surface area contributed by atoms with Gasteiger partial charge in [-0.05, 0) is 35.4 Å². The molecular formula is C19H21N3O2S2. The van der Waals surface area contributed by atoms with Crippen molar-refractivity contribution in [1.82, 2.24) is 9.55 Å². The number of anilines is 1. The van der Waals surface area contributed by atoms with E-state index in [2.05, 4.69) is 24.1 Å². The lowest BCUT2D eigenvalue weighted by Crippen LogP contribution is -2.21. The predicted molar refractivity (Wildman–Crippen MR) is 109 cm³/mol. The van der Waals surface area contributed by atoms with E-state index in [4.69, 9.17) is 0 Å². The van der Waals surface area contributed by atoms with Gasteiger partial charge in [0.1, 0.15) is 4.83 Å². The topological polar surface area (TPSA) is 64.0 Å².